The lowest BCUT2D eigenvalue weighted by atomic mass is 10.1. The molecule has 1 fully saturated rings. The minimum Gasteiger partial charge on any atom is -0.396 e. The van der Waals surface area contributed by atoms with Crippen molar-refractivity contribution in [3.8, 4) is 0 Å². The van der Waals surface area contributed by atoms with Gasteiger partial charge in [0.15, 0.2) is 0 Å². The first-order valence-corrected chi connectivity index (χ1v) is 7.07. The molecule has 1 aliphatic heterocycles. The fourth-order valence-corrected chi connectivity index (χ4v) is 2.85. The smallest absolute Gasteiger partial charge is 0.127 e. The Morgan fingerprint density at radius 2 is 2.26 bits per heavy atom. The van der Waals surface area contributed by atoms with E-state index in [-0.39, 0.29) is 12.4 Å². The van der Waals surface area contributed by atoms with Crippen molar-refractivity contribution in [1.82, 2.24) is 4.90 Å². The zero-order chi connectivity index (χ0) is 13.7. The molecule has 1 saturated heterocycles. The fourth-order valence-electron chi connectivity index (χ4n) is 2.85. The number of rotatable bonds is 6. The molecule has 1 aliphatic rings. The molecule has 1 unspecified atom stereocenters. The van der Waals surface area contributed by atoms with E-state index in [0.717, 1.165) is 43.4 Å². The molecule has 3 nitrogen and oxygen atoms in total. The summed E-state index contributed by atoms with van der Waals surface area (Å²) < 4.78 is 13.8. The average molecular weight is 266 g/mol. The molecule has 106 valence electrons. The minimum atomic E-state index is -0.148. The Kier molecular flexibility index (Phi) is 5.31. The first-order chi connectivity index (χ1) is 9.24. The van der Waals surface area contributed by atoms with Gasteiger partial charge in [-0.3, -0.25) is 4.90 Å². The molecular weight excluding hydrogens is 243 g/mol. The van der Waals surface area contributed by atoms with Gasteiger partial charge in [-0.2, -0.15) is 0 Å². The normalized spacial score (nSPS) is 20.1. The maximum Gasteiger partial charge on any atom is 0.127 e. The van der Waals surface area contributed by atoms with Gasteiger partial charge in [-0.05, 0) is 43.9 Å². The molecule has 0 aromatic heterocycles. The minimum absolute atomic E-state index is 0.148. The number of nitrogens with zero attached hydrogens (tertiary/aromatic N) is 1. The van der Waals surface area contributed by atoms with Crippen molar-refractivity contribution >= 4 is 0 Å². The SMILES string of the molecule is NCc1ccc(F)c(CN2CCCC2CCCO)c1. The predicted molar refractivity (Wildman–Crippen MR) is 74.0 cm³/mol. The van der Waals surface area contributed by atoms with Crippen LogP contribution in [0, 0.1) is 5.82 Å². The molecule has 0 radical (unpaired) electrons. The van der Waals surface area contributed by atoms with Crippen LogP contribution in [-0.4, -0.2) is 29.2 Å². The summed E-state index contributed by atoms with van der Waals surface area (Å²) in [5.74, 6) is -0.148. The fraction of sp³-hybridized carbons (Fsp3) is 0.600. The summed E-state index contributed by atoms with van der Waals surface area (Å²) in [5, 5.41) is 8.92. The lowest BCUT2D eigenvalue weighted by molar-refractivity contribution is 0.208. The van der Waals surface area contributed by atoms with Crippen molar-refractivity contribution in [1.29, 1.82) is 0 Å². The van der Waals surface area contributed by atoms with Crippen molar-refractivity contribution in [2.45, 2.75) is 44.8 Å². The molecule has 0 bridgehead atoms. The van der Waals surface area contributed by atoms with E-state index in [1.165, 1.54) is 6.07 Å². The van der Waals surface area contributed by atoms with Crippen molar-refractivity contribution in [3.63, 3.8) is 0 Å². The largest absolute Gasteiger partial charge is 0.396 e. The number of hydrogen-bond acceptors (Lipinski definition) is 3. The average Bonchev–Trinajstić information content (AvgIpc) is 2.86. The highest BCUT2D eigenvalue weighted by Crippen LogP contribution is 2.24. The first-order valence-electron chi connectivity index (χ1n) is 7.07. The highest BCUT2D eigenvalue weighted by atomic mass is 19.1. The number of aliphatic hydroxyl groups is 1. The Bertz CT molecular complexity index is 411. The maximum atomic E-state index is 13.8. The lowest BCUT2D eigenvalue weighted by Gasteiger charge is -2.24. The predicted octanol–water partition coefficient (Wildman–Crippen LogP) is 2.02. The second-order valence-corrected chi connectivity index (χ2v) is 5.26. The molecule has 0 saturated carbocycles. The van der Waals surface area contributed by atoms with Gasteiger partial charge < -0.3 is 10.8 Å². The molecule has 19 heavy (non-hydrogen) atoms. The number of hydrogen-bond donors (Lipinski definition) is 2. The number of aliphatic hydroxyl groups excluding tert-OH is 1. The number of nitrogens with two attached hydrogens (primary N) is 1. The van der Waals surface area contributed by atoms with Gasteiger partial charge in [-0.25, -0.2) is 4.39 Å². The molecule has 3 N–H and O–H groups in total. The van der Waals surface area contributed by atoms with Crippen LogP contribution in [-0.2, 0) is 13.1 Å². The second-order valence-electron chi connectivity index (χ2n) is 5.26. The molecule has 0 aliphatic carbocycles. The van der Waals surface area contributed by atoms with Crippen molar-refractivity contribution in [2.24, 2.45) is 5.73 Å². The zero-order valence-electron chi connectivity index (χ0n) is 11.3. The quantitative estimate of drug-likeness (QED) is 0.828. The van der Waals surface area contributed by atoms with Crippen LogP contribution in [0.5, 0.6) is 0 Å². The van der Waals surface area contributed by atoms with E-state index < -0.39 is 0 Å². The monoisotopic (exact) mass is 266 g/mol. The molecule has 4 heteroatoms. The Morgan fingerprint density at radius 3 is 3.00 bits per heavy atom. The van der Waals surface area contributed by atoms with Gasteiger partial charge >= 0.3 is 0 Å². The molecule has 1 aromatic carbocycles. The highest BCUT2D eigenvalue weighted by Gasteiger charge is 2.24. The molecule has 2 rings (SSSR count). The third kappa shape index (κ3) is 3.75. The standard InChI is InChI=1S/C15H23FN2O/c16-15-6-5-12(10-17)9-13(15)11-18-7-1-3-14(18)4-2-8-19/h5-6,9,14,19H,1-4,7-8,10-11,17H2. The molecule has 0 spiro atoms. The van der Waals surface area contributed by atoms with Crippen LogP contribution in [0.2, 0.25) is 0 Å². The third-order valence-corrected chi connectivity index (χ3v) is 3.91. The second kappa shape index (κ2) is 6.98. The van der Waals surface area contributed by atoms with Gasteiger partial charge in [-0.15, -0.1) is 0 Å². The van der Waals surface area contributed by atoms with Crippen LogP contribution < -0.4 is 5.73 Å². The first kappa shape index (κ1) is 14.4. The van der Waals surface area contributed by atoms with Crippen molar-refractivity contribution in [2.75, 3.05) is 13.2 Å². The van der Waals surface area contributed by atoms with Crippen molar-refractivity contribution in [3.05, 3.63) is 35.1 Å². The number of likely N-dealkylation sites (tertiary alicyclic amines) is 1. The highest BCUT2D eigenvalue weighted by molar-refractivity contribution is 5.25. The van der Waals surface area contributed by atoms with Gasteiger partial charge in [0.05, 0.1) is 0 Å². The summed E-state index contributed by atoms with van der Waals surface area (Å²) in [6.07, 6.45) is 4.13. The Balaban J connectivity index is 2.03. The number of halogens is 1. The van der Waals surface area contributed by atoms with Crippen molar-refractivity contribution < 1.29 is 9.50 Å². The van der Waals surface area contributed by atoms with E-state index in [1.807, 2.05) is 6.07 Å². The lowest BCUT2D eigenvalue weighted by Crippen LogP contribution is -2.29. The van der Waals surface area contributed by atoms with E-state index in [1.54, 1.807) is 6.07 Å². The van der Waals surface area contributed by atoms with Gasteiger partial charge in [0.25, 0.3) is 0 Å². The molecule has 1 aromatic rings. The van der Waals surface area contributed by atoms with Crippen LogP contribution in [0.25, 0.3) is 0 Å². The van der Waals surface area contributed by atoms with Gasteiger partial charge in [0.2, 0.25) is 0 Å². The van der Waals surface area contributed by atoms with Gasteiger partial charge in [0, 0.05) is 31.3 Å². The van der Waals surface area contributed by atoms with Crippen LogP contribution in [0.15, 0.2) is 18.2 Å². The molecule has 1 atom stereocenters. The van der Waals surface area contributed by atoms with E-state index in [2.05, 4.69) is 4.90 Å². The summed E-state index contributed by atoms with van der Waals surface area (Å²) in [4.78, 5) is 2.33. The molecular formula is C15H23FN2O. The summed E-state index contributed by atoms with van der Waals surface area (Å²) in [6, 6.07) is 5.60. The topological polar surface area (TPSA) is 49.5 Å². The Morgan fingerprint density at radius 1 is 1.42 bits per heavy atom. The van der Waals surface area contributed by atoms with E-state index in [9.17, 15) is 4.39 Å². The van der Waals surface area contributed by atoms with Crippen LogP contribution in [0.1, 0.15) is 36.8 Å². The van der Waals surface area contributed by atoms with Gasteiger partial charge in [-0.1, -0.05) is 12.1 Å². The number of benzene rings is 1. The van der Waals surface area contributed by atoms with Crippen LogP contribution >= 0.6 is 0 Å². The maximum absolute atomic E-state index is 13.8. The summed E-state index contributed by atoms with van der Waals surface area (Å²) in [6.45, 7) is 2.35. The van der Waals surface area contributed by atoms with E-state index in [0.29, 0.717) is 19.1 Å². The van der Waals surface area contributed by atoms with E-state index in [4.69, 9.17) is 10.8 Å². The Hall–Kier alpha value is -0.970. The van der Waals surface area contributed by atoms with E-state index >= 15 is 0 Å². The third-order valence-electron chi connectivity index (χ3n) is 3.91. The zero-order valence-corrected chi connectivity index (χ0v) is 11.3. The molecule has 1 heterocycles. The molecule has 0 amide bonds. The van der Waals surface area contributed by atoms with Crippen LogP contribution in [0.3, 0.4) is 0 Å². The van der Waals surface area contributed by atoms with Gasteiger partial charge in [0.1, 0.15) is 5.82 Å². The summed E-state index contributed by atoms with van der Waals surface area (Å²) >= 11 is 0. The summed E-state index contributed by atoms with van der Waals surface area (Å²) in [7, 11) is 0. The Labute approximate surface area is 114 Å². The van der Waals surface area contributed by atoms with Crippen LogP contribution in [0.4, 0.5) is 4.39 Å². The summed E-state index contributed by atoms with van der Waals surface area (Å²) in [5.41, 5.74) is 7.32.